The lowest BCUT2D eigenvalue weighted by atomic mass is 10.1. The van der Waals surface area contributed by atoms with Gasteiger partial charge in [0.2, 0.25) is 11.5 Å². The van der Waals surface area contributed by atoms with Crippen LogP contribution in [0.15, 0.2) is 18.2 Å². The Hall–Kier alpha value is -2.90. The Bertz CT molecular complexity index is 708. The highest BCUT2D eigenvalue weighted by molar-refractivity contribution is 6.12. The molecule has 2 aromatic rings. The number of carboxylic acid groups (broad SMARTS) is 1. The Balaban J connectivity index is 2.41. The van der Waals surface area contributed by atoms with Gasteiger partial charge >= 0.3 is 5.97 Å². The Labute approximate surface area is 126 Å². The fraction of sp³-hybridized carbons (Fsp3) is 0.286. The van der Waals surface area contributed by atoms with Crippen LogP contribution in [0.4, 0.5) is 0 Å². The minimum Gasteiger partial charge on any atom is -0.493 e. The molecule has 1 aromatic heterocycles. The summed E-state index contributed by atoms with van der Waals surface area (Å²) < 4.78 is 10.8. The number of carboxylic acids is 1. The molecule has 0 amide bonds. The number of nitrogens with zero attached hydrogens (tertiary/aromatic N) is 2. The highest BCUT2D eigenvalue weighted by Gasteiger charge is 2.24. The quantitative estimate of drug-likeness (QED) is 0.778. The number of aromatic carboxylic acids is 1. The van der Waals surface area contributed by atoms with E-state index in [0.29, 0.717) is 11.5 Å². The predicted octanol–water partition coefficient (Wildman–Crippen LogP) is 1.53. The molecule has 0 fully saturated rings. The van der Waals surface area contributed by atoms with Gasteiger partial charge in [0.15, 0.2) is 17.2 Å². The SMILES string of the molecule is COc1ccc(C(=O)c2n[nH]nc2C(=O)O)cc1OC(C)C. The topological polar surface area (TPSA) is 114 Å². The van der Waals surface area contributed by atoms with Gasteiger partial charge in [-0.05, 0) is 32.0 Å². The lowest BCUT2D eigenvalue weighted by Crippen LogP contribution is -2.11. The van der Waals surface area contributed by atoms with E-state index < -0.39 is 17.4 Å². The van der Waals surface area contributed by atoms with E-state index in [4.69, 9.17) is 14.6 Å². The number of ether oxygens (including phenoxy) is 2. The summed E-state index contributed by atoms with van der Waals surface area (Å²) in [5, 5.41) is 18.2. The third kappa shape index (κ3) is 3.05. The zero-order valence-corrected chi connectivity index (χ0v) is 12.3. The minimum atomic E-state index is -1.33. The van der Waals surface area contributed by atoms with Crippen LogP contribution >= 0.6 is 0 Å². The van der Waals surface area contributed by atoms with Crippen molar-refractivity contribution in [3.8, 4) is 11.5 Å². The summed E-state index contributed by atoms with van der Waals surface area (Å²) in [6.45, 7) is 3.68. The fourth-order valence-electron chi connectivity index (χ4n) is 1.84. The molecule has 2 rings (SSSR count). The van der Waals surface area contributed by atoms with Gasteiger partial charge in [-0.25, -0.2) is 4.79 Å². The van der Waals surface area contributed by atoms with Crippen LogP contribution in [0.2, 0.25) is 0 Å². The summed E-state index contributed by atoms with van der Waals surface area (Å²) >= 11 is 0. The molecule has 0 bridgehead atoms. The number of aromatic amines is 1. The first-order valence-corrected chi connectivity index (χ1v) is 6.47. The number of methoxy groups -OCH3 is 1. The highest BCUT2D eigenvalue weighted by Crippen LogP contribution is 2.29. The van der Waals surface area contributed by atoms with Crippen molar-refractivity contribution in [1.82, 2.24) is 15.4 Å². The first-order valence-electron chi connectivity index (χ1n) is 6.47. The lowest BCUT2D eigenvalue weighted by Gasteiger charge is -2.14. The summed E-state index contributed by atoms with van der Waals surface area (Å²) in [5.74, 6) is -1.03. The van der Waals surface area contributed by atoms with Gasteiger partial charge in [0.05, 0.1) is 13.2 Å². The van der Waals surface area contributed by atoms with Gasteiger partial charge in [-0.1, -0.05) is 0 Å². The lowest BCUT2D eigenvalue weighted by molar-refractivity contribution is 0.0686. The van der Waals surface area contributed by atoms with E-state index in [0.717, 1.165) is 0 Å². The molecule has 1 heterocycles. The summed E-state index contributed by atoms with van der Waals surface area (Å²) in [5.41, 5.74) is -0.451. The number of aromatic nitrogens is 3. The first kappa shape index (κ1) is 15.5. The van der Waals surface area contributed by atoms with E-state index in [1.54, 1.807) is 6.07 Å². The third-order valence-electron chi connectivity index (χ3n) is 2.75. The second-order valence-corrected chi connectivity index (χ2v) is 4.69. The van der Waals surface area contributed by atoms with E-state index >= 15 is 0 Å². The van der Waals surface area contributed by atoms with Crippen molar-refractivity contribution in [2.75, 3.05) is 7.11 Å². The molecule has 8 heteroatoms. The van der Waals surface area contributed by atoms with Crippen molar-refractivity contribution in [2.24, 2.45) is 0 Å². The van der Waals surface area contributed by atoms with E-state index in [-0.39, 0.29) is 17.4 Å². The molecule has 0 aliphatic heterocycles. The summed E-state index contributed by atoms with van der Waals surface area (Å²) in [7, 11) is 1.49. The van der Waals surface area contributed by atoms with Crippen molar-refractivity contribution < 1.29 is 24.2 Å². The maximum absolute atomic E-state index is 12.4. The van der Waals surface area contributed by atoms with E-state index in [1.807, 2.05) is 13.8 Å². The van der Waals surface area contributed by atoms with Crippen molar-refractivity contribution in [2.45, 2.75) is 20.0 Å². The van der Waals surface area contributed by atoms with Crippen LogP contribution in [0.5, 0.6) is 11.5 Å². The molecule has 0 aliphatic rings. The summed E-state index contributed by atoms with van der Waals surface area (Å²) in [6.07, 6.45) is -0.110. The van der Waals surface area contributed by atoms with Gasteiger partial charge in [-0.15, -0.1) is 5.10 Å². The van der Waals surface area contributed by atoms with Crippen LogP contribution in [0.1, 0.15) is 40.4 Å². The molecular weight excluding hydrogens is 290 g/mol. The number of rotatable bonds is 6. The van der Waals surface area contributed by atoms with Crippen molar-refractivity contribution in [3.63, 3.8) is 0 Å². The number of ketones is 1. The van der Waals surface area contributed by atoms with Gasteiger partial charge in [0, 0.05) is 5.56 Å². The van der Waals surface area contributed by atoms with Crippen LogP contribution in [0, 0.1) is 0 Å². The van der Waals surface area contributed by atoms with E-state index in [9.17, 15) is 9.59 Å². The number of carbonyl (C=O) groups excluding carboxylic acids is 1. The maximum Gasteiger partial charge on any atom is 0.358 e. The largest absolute Gasteiger partial charge is 0.493 e. The van der Waals surface area contributed by atoms with E-state index in [1.165, 1.54) is 19.2 Å². The molecule has 0 saturated heterocycles. The van der Waals surface area contributed by atoms with Gasteiger partial charge in [-0.2, -0.15) is 10.3 Å². The second-order valence-electron chi connectivity index (χ2n) is 4.69. The Morgan fingerprint density at radius 2 is 1.86 bits per heavy atom. The van der Waals surface area contributed by atoms with Gasteiger partial charge in [-0.3, -0.25) is 4.79 Å². The van der Waals surface area contributed by atoms with Crippen molar-refractivity contribution in [1.29, 1.82) is 0 Å². The zero-order valence-electron chi connectivity index (χ0n) is 12.3. The zero-order chi connectivity index (χ0) is 16.3. The first-order chi connectivity index (χ1) is 10.4. The van der Waals surface area contributed by atoms with Crippen LogP contribution in [0.3, 0.4) is 0 Å². The number of nitrogens with one attached hydrogen (secondary N) is 1. The molecular formula is C14H15N3O5. The predicted molar refractivity (Wildman–Crippen MR) is 75.5 cm³/mol. The Morgan fingerprint density at radius 3 is 2.45 bits per heavy atom. The third-order valence-corrected chi connectivity index (χ3v) is 2.75. The molecule has 2 N–H and O–H groups in total. The van der Waals surface area contributed by atoms with Crippen molar-refractivity contribution in [3.05, 3.63) is 35.2 Å². The normalized spacial score (nSPS) is 10.5. The summed E-state index contributed by atoms with van der Waals surface area (Å²) in [6, 6.07) is 4.57. The Morgan fingerprint density at radius 1 is 1.18 bits per heavy atom. The molecule has 0 atom stereocenters. The van der Waals surface area contributed by atoms with Gasteiger partial charge < -0.3 is 14.6 Å². The van der Waals surface area contributed by atoms with Crippen LogP contribution in [-0.2, 0) is 0 Å². The van der Waals surface area contributed by atoms with Gasteiger partial charge in [0.1, 0.15) is 0 Å². The minimum absolute atomic E-state index is 0.110. The fourth-order valence-corrected chi connectivity index (χ4v) is 1.84. The standard InChI is InChI=1S/C14H15N3O5/c1-7(2)22-10-6-8(4-5-9(10)21-3)13(18)11-12(14(19)20)16-17-15-11/h4-7H,1-3H3,(H,19,20)(H,15,16,17). The number of H-pyrrole nitrogens is 1. The van der Waals surface area contributed by atoms with Crippen molar-refractivity contribution >= 4 is 11.8 Å². The second kappa shape index (κ2) is 6.25. The van der Waals surface area contributed by atoms with Gasteiger partial charge in [0.25, 0.3) is 0 Å². The van der Waals surface area contributed by atoms with E-state index in [2.05, 4.69) is 15.4 Å². The average Bonchev–Trinajstić information content (AvgIpc) is 2.95. The Kier molecular flexibility index (Phi) is 4.40. The molecule has 0 aliphatic carbocycles. The number of carbonyl (C=O) groups is 2. The number of benzene rings is 1. The molecule has 0 saturated carbocycles. The molecule has 1 aromatic carbocycles. The average molecular weight is 305 g/mol. The smallest absolute Gasteiger partial charge is 0.358 e. The van der Waals surface area contributed by atoms with Crippen LogP contribution in [0.25, 0.3) is 0 Å². The molecule has 0 spiro atoms. The summed E-state index contributed by atoms with van der Waals surface area (Å²) in [4.78, 5) is 23.4. The molecule has 8 nitrogen and oxygen atoms in total. The number of hydrogen-bond acceptors (Lipinski definition) is 6. The number of hydrogen-bond donors (Lipinski definition) is 2. The van der Waals surface area contributed by atoms with Crippen LogP contribution in [-0.4, -0.2) is 45.5 Å². The molecule has 0 unspecified atom stereocenters. The maximum atomic E-state index is 12.4. The molecule has 0 radical (unpaired) electrons. The molecule has 22 heavy (non-hydrogen) atoms. The van der Waals surface area contributed by atoms with Crippen LogP contribution < -0.4 is 9.47 Å². The monoisotopic (exact) mass is 305 g/mol. The highest BCUT2D eigenvalue weighted by atomic mass is 16.5. The molecule has 116 valence electrons.